The van der Waals surface area contributed by atoms with Crippen molar-refractivity contribution in [3.63, 3.8) is 0 Å². The van der Waals surface area contributed by atoms with Gasteiger partial charge in [-0.1, -0.05) is 504 Å². The predicted octanol–water partition coefficient (Wildman–Crippen LogP) is 38.5. The van der Waals surface area contributed by atoms with Crippen molar-refractivity contribution in [3.8, 4) is 134 Å². The van der Waals surface area contributed by atoms with E-state index in [2.05, 4.69) is 611 Å². The van der Waals surface area contributed by atoms with Crippen molar-refractivity contribution in [2.45, 2.75) is 97.1 Å². The van der Waals surface area contributed by atoms with Crippen molar-refractivity contribution < 1.29 is 0 Å². The van der Waals surface area contributed by atoms with Gasteiger partial charge in [-0.15, -0.1) is 0 Å². The highest BCUT2D eigenvalue weighted by Crippen LogP contribution is 2.56. The van der Waals surface area contributed by atoms with Gasteiger partial charge in [-0.05, 0) is 259 Å². The van der Waals surface area contributed by atoms with Crippen molar-refractivity contribution in [3.05, 3.63) is 549 Å². The van der Waals surface area contributed by atoms with E-state index in [4.69, 9.17) is 0 Å². The molecule has 21 aromatic carbocycles. The molecular formula is C141H121N3Si2. The van der Waals surface area contributed by atoms with Crippen LogP contribution in [0.3, 0.4) is 0 Å². The molecule has 21 aromatic rings. The molecule has 0 saturated heterocycles. The highest BCUT2D eigenvalue weighted by molar-refractivity contribution is 6.89. The van der Waals surface area contributed by atoms with Gasteiger partial charge in [-0.3, -0.25) is 0 Å². The smallest absolute Gasteiger partial charge is 0.0776 e. The first kappa shape index (κ1) is 94.4. The maximum atomic E-state index is 2.46. The number of hydrogen-bond donors (Lipinski definition) is 0. The lowest BCUT2D eigenvalue weighted by atomic mass is 9.82. The van der Waals surface area contributed by atoms with Crippen molar-refractivity contribution in [2.24, 2.45) is 0 Å². The summed E-state index contributed by atoms with van der Waals surface area (Å²) in [7, 11) is -2.87. The Morgan fingerprint density at radius 2 is 0.370 bits per heavy atom. The molecule has 0 bridgehead atoms. The molecule has 5 heteroatoms. The van der Waals surface area contributed by atoms with Gasteiger partial charge in [0.2, 0.25) is 0 Å². The number of rotatable bonds is 20. The summed E-state index contributed by atoms with van der Waals surface area (Å²) in [6.07, 6.45) is 0. The Balaban J connectivity index is 0.000000126. The number of hydrogen-bond acceptors (Lipinski definition) is 3. The van der Waals surface area contributed by atoms with Gasteiger partial charge >= 0.3 is 0 Å². The van der Waals surface area contributed by atoms with Crippen LogP contribution in [-0.4, -0.2) is 16.1 Å². The predicted molar refractivity (Wildman–Crippen MR) is 631 cm³/mol. The van der Waals surface area contributed by atoms with Gasteiger partial charge in [-0.25, -0.2) is 0 Å². The molecule has 0 heterocycles. The van der Waals surface area contributed by atoms with Gasteiger partial charge < -0.3 is 14.7 Å². The van der Waals surface area contributed by atoms with Gasteiger partial charge in [0.25, 0.3) is 0 Å². The lowest BCUT2D eigenvalue weighted by Gasteiger charge is -2.31. The Morgan fingerprint density at radius 3 is 0.740 bits per heavy atom. The highest BCUT2D eigenvalue weighted by Gasteiger charge is 2.40. The van der Waals surface area contributed by atoms with Crippen LogP contribution in [0.5, 0.6) is 0 Å². The molecule has 0 fully saturated rings. The molecule has 0 aliphatic heterocycles. The molecule has 0 spiro atoms. The van der Waals surface area contributed by atoms with Gasteiger partial charge in [0.15, 0.2) is 0 Å². The summed E-state index contributed by atoms with van der Waals surface area (Å²) in [4.78, 5) is 7.30. The monoisotopic (exact) mass is 1910 g/mol. The van der Waals surface area contributed by atoms with Crippen LogP contribution in [0.2, 0.25) is 39.3 Å². The van der Waals surface area contributed by atoms with E-state index in [9.17, 15) is 0 Å². The third-order valence-corrected chi connectivity index (χ3v) is 34.5. The first-order chi connectivity index (χ1) is 70.9. The van der Waals surface area contributed by atoms with Crippen molar-refractivity contribution >= 4 is 77.7 Å². The van der Waals surface area contributed by atoms with Crippen LogP contribution in [0.25, 0.3) is 134 Å². The Bertz CT molecular complexity index is 8310. The fraction of sp³-hybridized carbons (Fsp3) is 0.106. The van der Waals surface area contributed by atoms with E-state index in [1.807, 2.05) is 0 Å². The number of benzene rings is 21. The lowest BCUT2D eigenvalue weighted by molar-refractivity contribution is 0.660. The minimum Gasteiger partial charge on any atom is -0.310 e. The average molecular weight is 1910 g/mol. The van der Waals surface area contributed by atoms with E-state index in [0.29, 0.717) is 0 Å². The second kappa shape index (κ2) is 39.3. The van der Waals surface area contributed by atoms with Crippen LogP contribution in [0.4, 0.5) is 51.2 Å². The summed E-state index contributed by atoms with van der Waals surface area (Å²) in [6.45, 7) is 28.6. The molecule has 0 N–H and O–H groups in total. The molecule has 3 nitrogen and oxygen atoms in total. The third kappa shape index (κ3) is 18.4. The van der Waals surface area contributed by atoms with E-state index in [1.165, 1.54) is 194 Å². The van der Waals surface area contributed by atoms with E-state index >= 15 is 0 Å². The second-order valence-corrected chi connectivity index (χ2v) is 52.9. The summed E-state index contributed by atoms with van der Waals surface area (Å²) in [6, 6.07) is 189. The number of nitrogens with zero attached hydrogens (tertiary/aromatic N) is 3. The van der Waals surface area contributed by atoms with E-state index in [-0.39, 0.29) is 16.2 Å². The first-order valence-electron chi connectivity index (χ1n) is 51.4. The molecule has 708 valence electrons. The van der Waals surface area contributed by atoms with Gasteiger partial charge in [0, 0.05) is 67.2 Å². The Kier molecular flexibility index (Phi) is 25.4. The van der Waals surface area contributed by atoms with Crippen LogP contribution in [0, 0.1) is 0 Å². The number of anilines is 9. The van der Waals surface area contributed by atoms with Gasteiger partial charge in [0.05, 0.1) is 27.5 Å². The molecule has 0 unspecified atom stereocenters. The van der Waals surface area contributed by atoms with Gasteiger partial charge in [-0.2, -0.15) is 0 Å². The summed E-state index contributed by atoms with van der Waals surface area (Å²) in [5.74, 6) is 0. The molecule has 0 amide bonds. The first-order valence-corrected chi connectivity index (χ1v) is 58.4. The maximum Gasteiger partial charge on any atom is 0.0776 e. The standard InChI is InChI=1S/C57H43N.2C42H39NSi/c1-57(2)54-26-13-11-25-52(54)53-37-36-48(39-55(53)57)58(56-27-14-12-24-51(56)46-21-15-20-45(38-46)41-18-7-4-8-19-41)47-34-32-44(33-35-47)50-23-10-9-22-49(50)43-30-28-42(29-31-43)40-16-5-3-6-17-40;1-42(2)39-19-13-12-18-36(39)37-26-24-34(28-40(37)42)43(33-22-20-31(21-23-33)30-14-8-6-9-15-30)41-27-25-35(44(3,4)5)29-38(41)32-16-10-7-11-17-32;1-42(2)40-14-10-9-13-38(40)39-28-25-36(29-41(39)42)43(34-21-15-31(16-22-34)30-11-7-6-8-12-30)35-23-17-32(18-24-35)33-19-26-37(27-20-33)44(3,4)5/h3-39H,1-2H3;2*6-29H,1-5H3. The Labute approximate surface area is 865 Å². The molecule has 146 heavy (non-hydrogen) atoms. The van der Waals surface area contributed by atoms with Crippen molar-refractivity contribution in [2.75, 3.05) is 14.7 Å². The van der Waals surface area contributed by atoms with Crippen LogP contribution in [0.15, 0.2) is 516 Å². The van der Waals surface area contributed by atoms with Crippen molar-refractivity contribution in [1.82, 2.24) is 0 Å². The Hall–Kier alpha value is -16.5. The largest absolute Gasteiger partial charge is 0.310 e. The zero-order chi connectivity index (χ0) is 100. The fourth-order valence-electron chi connectivity index (χ4n) is 22.3. The topological polar surface area (TPSA) is 9.72 Å². The minimum atomic E-state index is -1.55. The van der Waals surface area contributed by atoms with Crippen LogP contribution < -0.4 is 25.1 Å². The summed E-state index contributed by atoms with van der Waals surface area (Å²) >= 11 is 0. The van der Waals surface area contributed by atoms with Gasteiger partial charge in [0.1, 0.15) is 0 Å². The Morgan fingerprint density at radius 1 is 0.137 bits per heavy atom. The zero-order valence-corrected chi connectivity index (χ0v) is 87.4. The molecule has 24 rings (SSSR count). The van der Waals surface area contributed by atoms with Crippen LogP contribution >= 0.6 is 0 Å². The summed E-state index contributed by atoms with van der Waals surface area (Å²) in [5.41, 5.74) is 48.3. The van der Waals surface area contributed by atoms with Crippen molar-refractivity contribution in [1.29, 1.82) is 0 Å². The molecule has 0 radical (unpaired) electrons. The summed E-state index contributed by atoms with van der Waals surface area (Å²) < 4.78 is 0. The lowest BCUT2D eigenvalue weighted by Crippen LogP contribution is -2.37. The minimum absolute atomic E-state index is 0.0588. The van der Waals surface area contributed by atoms with E-state index < -0.39 is 16.1 Å². The zero-order valence-electron chi connectivity index (χ0n) is 85.4. The third-order valence-electron chi connectivity index (χ3n) is 30.4. The average Bonchev–Trinajstić information content (AvgIpc) is 1.58. The summed E-state index contributed by atoms with van der Waals surface area (Å²) in [5, 5.41) is 2.95. The van der Waals surface area contributed by atoms with Crippen LogP contribution in [-0.2, 0) is 16.2 Å². The number of para-hydroxylation sites is 1. The molecule has 0 aromatic heterocycles. The normalized spacial score (nSPS) is 13.0. The molecule has 0 atom stereocenters. The molecular weight excluding hydrogens is 1790 g/mol. The molecule has 0 saturated carbocycles. The van der Waals surface area contributed by atoms with E-state index in [0.717, 1.165) is 34.1 Å². The molecule has 3 aliphatic rings. The number of fused-ring (bicyclic) bond motifs is 9. The van der Waals surface area contributed by atoms with E-state index in [1.54, 1.807) is 0 Å². The SMILES string of the molecule is CC1(C)c2ccccc2-c2ccc(N(c3ccc(-c4ccccc4)cc3)c3ccc(-c4ccc([Si](C)(C)C)cc4)cc3)cc21.CC1(C)c2ccccc2-c2ccc(N(c3ccc(-c4ccccc4)cc3)c3ccc([Si](C)(C)C)cc3-c3ccccc3)cc21.CC1(C)c2ccccc2-c2ccc(N(c3ccc(-c4ccccc4-c4ccc(-c5ccccc5)cc4)cc3)c3ccccc3-c3cccc(-c4ccccc4)c3)cc21. The second-order valence-electron chi connectivity index (χ2n) is 42.8. The maximum absolute atomic E-state index is 2.46. The molecule has 3 aliphatic carbocycles. The quantitative estimate of drug-likeness (QED) is 0.0704. The van der Waals surface area contributed by atoms with Crippen LogP contribution in [0.1, 0.15) is 74.9 Å². The highest BCUT2D eigenvalue weighted by atomic mass is 28.3. The fourth-order valence-corrected chi connectivity index (χ4v) is 24.7.